The number of fused-ring (bicyclic) bond motifs is 1. The normalized spacial score (nSPS) is 15.5. The Hall–Kier alpha value is -3.11. The minimum absolute atomic E-state index is 0.0539. The van der Waals surface area contributed by atoms with E-state index in [-0.39, 0.29) is 18.7 Å². The van der Waals surface area contributed by atoms with Crippen LogP contribution < -0.4 is 20.9 Å². The van der Waals surface area contributed by atoms with Crippen LogP contribution in [0.1, 0.15) is 0 Å². The molecule has 3 heterocycles. The van der Waals surface area contributed by atoms with Crippen molar-refractivity contribution in [1.29, 1.82) is 0 Å². The molecule has 4 rings (SSSR count). The summed E-state index contributed by atoms with van der Waals surface area (Å²) in [5.74, 6) is 1.18. The van der Waals surface area contributed by atoms with E-state index in [9.17, 15) is 14.7 Å². The summed E-state index contributed by atoms with van der Waals surface area (Å²) in [4.78, 5) is 31.9. The molecule has 10 nitrogen and oxygen atoms in total. The highest BCUT2D eigenvalue weighted by Gasteiger charge is 2.25. The van der Waals surface area contributed by atoms with Gasteiger partial charge in [0.1, 0.15) is 18.5 Å². The van der Waals surface area contributed by atoms with E-state index < -0.39 is 17.4 Å². The van der Waals surface area contributed by atoms with Gasteiger partial charge in [0.25, 0.3) is 5.56 Å². The number of aliphatic hydroxyl groups excluding tert-OH is 1. The number of hydrogen-bond donors (Lipinski definition) is 1. The highest BCUT2D eigenvalue weighted by molar-refractivity contribution is 5.74. The summed E-state index contributed by atoms with van der Waals surface area (Å²) in [6.45, 7) is 2.45. The predicted molar refractivity (Wildman–Crippen MR) is 111 cm³/mol. The van der Waals surface area contributed by atoms with E-state index in [1.54, 1.807) is 11.6 Å². The molecule has 1 aromatic carbocycles. The number of rotatable bonds is 6. The Bertz CT molecular complexity index is 1140. The van der Waals surface area contributed by atoms with Gasteiger partial charge in [0.05, 0.1) is 19.8 Å². The first kappa shape index (κ1) is 20.2. The molecule has 0 aliphatic carbocycles. The van der Waals surface area contributed by atoms with Crippen molar-refractivity contribution in [3.63, 3.8) is 0 Å². The van der Waals surface area contributed by atoms with Gasteiger partial charge >= 0.3 is 5.69 Å². The van der Waals surface area contributed by atoms with Gasteiger partial charge in [0.2, 0.25) is 5.95 Å². The Morgan fingerprint density at radius 2 is 1.83 bits per heavy atom. The van der Waals surface area contributed by atoms with Crippen molar-refractivity contribution in [2.24, 2.45) is 14.1 Å². The maximum atomic E-state index is 12.9. The molecule has 2 aromatic heterocycles. The predicted octanol–water partition coefficient (Wildman–Crippen LogP) is -0.290. The lowest BCUT2D eigenvalue weighted by Gasteiger charge is -2.28. The lowest BCUT2D eigenvalue weighted by atomic mass is 10.3. The van der Waals surface area contributed by atoms with E-state index in [1.807, 2.05) is 35.2 Å². The number of para-hydroxylation sites is 1. The van der Waals surface area contributed by atoms with Crippen LogP contribution in [0.15, 0.2) is 39.9 Å². The Kier molecular flexibility index (Phi) is 5.60. The molecule has 1 atom stereocenters. The zero-order chi connectivity index (χ0) is 21.3. The van der Waals surface area contributed by atoms with Crippen molar-refractivity contribution in [1.82, 2.24) is 18.7 Å². The zero-order valence-electron chi connectivity index (χ0n) is 17.0. The lowest BCUT2D eigenvalue weighted by Crippen LogP contribution is -2.39. The first-order chi connectivity index (χ1) is 14.5. The summed E-state index contributed by atoms with van der Waals surface area (Å²) in [6, 6.07) is 9.21. The molecule has 0 unspecified atom stereocenters. The fourth-order valence-corrected chi connectivity index (χ4v) is 3.59. The summed E-state index contributed by atoms with van der Waals surface area (Å²) < 4.78 is 15.2. The van der Waals surface area contributed by atoms with Gasteiger partial charge in [-0.05, 0) is 12.1 Å². The number of morpholine rings is 1. The van der Waals surface area contributed by atoms with E-state index in [0.717, 1.165) is 4.57 Å². The number of imidazole rings is 1. The van der Waals surface area contributed by atoms with E-state index in [1.165, 1.54) is 11.6 Å². The van der Waals surface area contributed by atoms with Gasteiger partial charge in [0.15, 0.2) is 11.2 Å². The average molecular weight is 415 g/mol. The maximum absolute atomic E-state index is 12.9. The first-order valence-corrected chi connectivity index (χ1v) is 9.82. The topological polar surface area (TPSA) is 104 Å². The molecule has 0 radical (unpaired) electrons. The number of hydrogen-bond acceptors (Lipinski definition) is 7. The maximum Gasteiger partial charge on any atom is 0.332 e. The molecule has 1 N–H and O–H groups in total. The van der Waals surface area contributed by atoms with Crippen LogP contribution in [-0.2, 0) is 25.4 Å². The average Bonchev–Trinajstić information content (AvgIpc) is 3.15. The Morgan fingerprint density at radius 3 is 2.53 bits per heavy atom. The Balaban J connectivity index is 1.72. The van der Waals surface area contributed by atoms with Gasteiger partial charge in [-0.2, -0.15) is 4.98 Å². The van der Waals surface area contributed by atoms with Crippen LogP contribution in [0.4, 0.5) is 5.95 Å². The van der Waals surface area contributed by atoms with E-state index in [2.05, 4.69) is 4.98 Å². The van der Waals surface area contributed by atoms with E-state index >= 15 is 0 Å². The molecule has 0 amide bonds. The molecule has 1 fully saturated rings. The largest absolute Gasteiger partial charge is 0.491 e. The van der Waals surface area contributed by atoms with Crippen LogP contribution in [-0.4, -0.2) is 62.8 Å². The molecule has 0 bridgehead atoms. The van der Waals surface area contributed by atoms with Gasteiger partial charge in [-0.15, -0.1) is 0 Å². The standard InChI is InChI=1S/C20H25N5O5/c1-22-17-16(18(27)23(2)20(22)28)25(19(21-17)24-8-10-29-11-9-24)12-14(26)13-30-15-6-4-3-5-7-15/h3-7,14,26H,8-13H2,1-2H3/t14-/m0/s1. The van der Waals surface area contributed by atoms with Crippen LogP contribution in [0.2, 0.25) is 0 Å². The SMILES string of the molecule is Cn1c(=O)c2c(nc(N3CCOCC3)n2C[C@H](O)COc2ccccc2)n(C)c1=O. The zero-order valence-corrected chi connectivity index (χ0v) is 17.0. The third-order valence-electron chi connectivity index (χ3n) is 5.20. The summed E-state index contributed by atoms with van der Waals surface area (Å²) in [6.07, 6.45) is -0.885. The summed E-state index contributed by atoms with van der Waals surface area (Å²) in [5.41, 5.74) is -0.324. The van der Waals surface area contributed by atoms with E-state index in [4.69, 9.17) is 9.47 Å². The van der Waals surface area contributed by atoms with Crippen molar-refractivity contribution in [2.45, 2.75) is 12.6 Å². The van der Waals surface area contributed by atoms with Gasteiger partial charge < -0.3 is 24.0 Å². The molecular weight excluding hydrogens is 390 g/mol. The second-order valence-electron chi connectivity index (χ2n) is 7.28. The molecule has 3 aromatic rings. The third-order valence-corrected chi connectivity index (χ3v) is 5.20. The number of nitrogens with zero attached hydrogens (tertiary/aromatic N) is 5. The lowest BCUT2D eigenvalue weighted by molar-refractivity contribution is 0.0927. The van der Waals surface area contributed by atoms with Crippen LogP contribution in [0.25, 0.3) is 11.2 Å². The quantitative estimate of drug-likeness (QED) is 0.590. The molecule has 0 saturated carbocycles. The van der Waals surface area contributed by atoms with Crippen molar-refractivity contribution < 1.29 is 14.6 Å². The molecule has 0 spiro atoms. The summed E-state index contributed by atoms with van der Waals surface area (Å²) >= 11 is 0. The highest BCUT2D eigenvalue weighted by Crippen LogP contribution is 2.21. The molecule has 1 saturated heterocycles. The fraction of sp³-hybridized carbons (Fsp3) is 0.450. The van der Waals surface area contributed by atoms with Crippen molar-refractivity contribution in [3.05, 3.63) is 51.2 Å². The van der Waals surface area contributed by atoms with Crippen molar-refractivity contribution in [2.75, 3.05) is 37.8 Å². The molecule has 1 aliphatic heterocycles. The highest BCUT2D eigenvalue weighted by atomic mass is 16.5. The number of aliphatic hydroxyl groups is 1. The molecule has 1 aliphatic rings. The third kappa shape index (κ3) is 3.71. The number of aryl methyl sites for hydroxylation is 1. The van der Waals surface area contributed by atoms with Crippen LogP contribution >= 0.6 is 0 Å². The van der Waals surface area contributed by atoms with Crippen molar-refractivity contribution in [3.8, 4) is 5.75 Å². The molecular formula is C20H25N5O5. The van der Waals surface area contributed by atoms with Crippen LogP contribution in [0.5, 0.6) is 5.75 Å². The van der Waals surface area contributed by atoms with Gasteiger partial charge in [0, 0.05) is 27.2 Å². The van der Waals surface area contributed by atoms with Crippen molar-refractivity contribution >= 4 is 17.1 Å². The smallest absolute Gasteiger partial charge is 0.332 e. The van der Waals surface area contributed by atoms with Gasteiger partial charge in [-0.3, -0.25) is 13.9 Å². The number of anilines is 1. The first-order valence-electron chi connectivity index (χ1n) is 9.82. The molecule has 10 heteroatoms. The minimum atomic E-state index is -0.885. The summed E-state index contributed by atoms with van der Waals surface area (Å²) in [7, 11) is 3.02. The number of benzene rings is 1. The van der Waals surface area contributed by atoms with Crippen LogP contribution in [0, 0.1) is 0 Å². The number of ether oxygens (including phenoxy) is 2. The second kappa shape index (κ2) is 8.33. The van der Waals surface area contributed by atoms with E-state index in [0.29, 0.717) is 43.6 Å². The minimum Gasteiger partial charge on any atom is -0.491 e. The second-order valence-corrected chi connectivity index (χ2v) is 7.28. The van der Waals surface area contributed by atoms with Crippen LogP contribution in [0.3, 0.4) is 0 Å². The van der Waals surface area contributed by atoms with Gasteiger partial charge in [-0.25, -0.2) is 4.79 Å². The monoisotopic (exact) mass is 415 g/mol. The van der Waals surface area contributed by atoms with Gasteiger partial charge in [-0.1, -0.05) is 18.2 Å². The number of aromatic nitrogens is 4. The summed E-state index contributed by atoms with van der Waals surface area (Å²) in [5, 5.41) is 10.7. The fourth-order valence-electron chi connectivity index (χ4n) is 3.59. The Morgan fingerprint density at radius 1 is 1.13 bits per heavy atom. The molecule has 160 valence electrons. The Labute approximate surface area is 172 Å². The molecule has 30 heavy (non-hydrogen) atoms.